The molecule has 0 aromatic carbocycles. The van der Waals surface area contributed by atoms with Crippen LogP contribution in [0.4, 0.5) is 8.78 Å². The molecular weight excluding hydrogens is 346 g/mol. The lowest BCUT2D eigenvalue weighted by atomic mass is 10.2. The molecule has 0 radical (unpaired) electrons. The number of alkyl halides is 2. The van der Waals surface area contributed by atoms with Gasteiger partial charge < -0.3 is 14.6 Å². The van der Waals surface area contributed by atoms with E-state index in [-0.39, 0.29) is 12.3 Å². The van der Waals surface area contributed by atoms with E-state index in [0.29, 0.717) is 12.3 Å². The number of carbonyl (C=O) groups excluding carboxylic acids is 2. The van der Waals surface area contributed by atoms with Crippen LogP contribution in [0, 0.1) is 0 Å². The number of halogens is 2. The molecule has 2 aromatic rings. The van der Waals surface area contributed by atoms with Gasteiger partial charge in [0.1, 0.15) is 5.76 Å². The number of carbonyl (C=O) groups is 2. The van der Waals surface area contributed by atoms with Gasteiger partial charge in [0, 0.05) is 25.4 Å². The van der Waals surface area contributed by atoms with Crippen molar-refractivity contribution in [1.29, 1.82) is 0 Å². The Morgan fingerprint density at radius 1 is 1.46 bits per heavy atom. The molecule has 2 amide bonds. The minimum Gasteiger partial charge on any atom is -0.454 e. The summed E-state index contributed by atoms with van der Waals surface area (Å²) < 4.78 is 34.3. The van der Waals surface area contributed by atoms with Crippen molar-refractivity contribution in [3.05, 3.63) is 54.8 Å². The Labute approximate surface area is 148 Å². The fourth-order valence-electron chi connectivity index (χ4n) is 2.89. The van der Waals surface area contributed by atoms with Crippen molar-refractivity contribution in [2.75, 3.05) is 13.1 Å². The average Bonchev–Trinajstić information content (AvgIpc) is 3.33. The summed E-state index contributed by atoms with van der Waals surface area (Å²) in [5, 5.41) is 6.58. The smallest absolute Gasteiger partial charge is 0.287 e. The first-order chi connectivity index (χ1) is 12.4. The number of nitrogens with one attached hydrogen (secondary N) is 1. The van der Waals surface area contributed by atoms with Gasteiger partial charge in [0.05, 0.1) is 19.1 Å². The maximum absolute atomic E-state index is 13.6. The molecule has 0 bridgehead atoms. The molecule has 1 fully saturated rings. The summed E-state index contributed by atoms with van der Waals surface area (Å²) >= 11 is 0. The highest BCUT2D eigenvalue weighted by Gasteiger charge is 2.46. The van der Waals surface area contributed by atoms with E-state index in [1.165, 1.54) is 6.07 Å². The summed E-state index contributed by atoms with van der Waals surface area (Å²) in [6.07, 6.45) is 3.87. The lowest BCUT2D eigenvalue weighted by Gasteiger charge is -2.22. The first-order valence-electron chi connectivity index (χ1n) is 8.03. The summed E-state index contributed by atoms with van der Waals surface area (Å²) in [7, 11) is 0. The maximum atomic E-state index is 13.6. The average molecular weight is 364 g/mol. The largest absolute Gasteiger partial charge is 0.454 e. The zero-order valence-electron chi connectivity index (χ0n) is 13.9. The van der Waals surface area contributed by atoms with E-state index < -0.39 is 36.7 Å². The molecule has 1 saturated heterocycles. The van der Waals surface area contributed by atoms with E-state index in [9.17, 15) is 18.4 Å². The Kier molecular flexibility index (Phi) is 4.88. The van der Waals surface area contributed by atoms with Gasteiger partial charge in [0.2, 0.25) is 5.91 Å². The van der Waals surface area contributed by atoms with E-state index in [0.717, 1.165) is 11.0 Å². The van der Waals surface area contributed by atoms with Crippen LogP contribution in [0.5, 0.6) is 0 Å². The Morgan fingerprint density at radius 2 is 2.27 bits per heavy atom. The van der Waals surface area contributed by atoms with E-state index in [1.54, 1.807) is 29.2 Å². The standard InChI is InChI=1S/C17H18F2N4O3/c1-2-15(24)23-11-17(18,19)8-12(23)9-20-16(25)14-5-4-13(26-14)10-22-7-3-6-21-22/h2-7,12H,1,8-11H2,(H,20,25)/t12-/m0/s1. The Bertz CT molecular complexity index is 801. The Hall–Kier alpha value is -2.97. The second-order valence-corrected chi connectivity index (χ2v) is 6.06. The molecule has 0 saturated carbocycles. The van der Waals surface area contributed by atoms with Gasteiger partial charge in [0.25, 0.3) is 11.8 Å². The Morgan fingerprint density at radius 3 is 2.96 bits per heavy atom. The van der Waals surface area contributed by atoms with Crippen molar-refractivity contribution < 1.29 is 22.8 Å². The minimum absolute atomic E-state index is 0.0681. The summed E-state index contributed by atoms with van der Waals surface area (Å²) in [5.41, 5.74) is 0. The summed E-state index contributed by atoms with van der Waals surface area (Å²) in [6.45, 7) is 2.92. The van der Waals surface area contributed by atoms with Gasteiger partial charge in [-0.2, -0.15) is 5.10 Å². The highest BCUT2D eigenvalue weighted by molar-refractivity contribution is 5.91. The van der Waals surface area contributed by atoms with E-state index in [1.807, 2.05) is 0 Å². The van der Waals surface area contributed by atoms with Crippen molar-refractivity contribution in [3.63, 3.8) is 0 Å². The molecule has 0 unspecified atom stereocenters. The summed E-state index contributed by atoms with van der Waals surface area (Å²) in [5.74, 6) is -3.48. The molecule has 9 heteroatoms. The normalized spacial score (nSPS) is 18.7. The molecule has 0 aliphatic carbocycles. The molecule has 1 aliphatic heterocycles. The first-order valence-corrected chi connectivity index (χ1v) is 8.03. The van der Waals surface area contributed by atoms with Crippen LogP contribution >= 0.6 is 0 Å². The number of aromatic nitrogens is 2. The molecule has 0 spiro atoms. The van der Waals surface area contributed by atoms with Gasteiger partial charge in [-0.1, -0.05) is 6.58 Å². The number of nitrogens with zero attached hydrogens (tertiary/aromatic N) is 3. The number of amides is 2. The zero-order valence-corrected chi connectivity index (χ0v) is 13.9. The summed E-state index contributed by atoms with van der Waals surface area (Å²) in [6, 6.07) is 4.13. The third kappa shape index (κ3) is 3.98. The van der Waals surface area contributed by atoms with E-state index in [4.69, 9.17) is 4.42 Å². The van der Waals surface area contributed by atoms with Gasteiger partial charge in [-0.3, -0.25) is 14.3 Å². The molecule has 3 rings (SSSR count). The van der Waals surface area contributed by atoms with Gasteiger partial charge >= 0.3 is 0 Å². The van der Waals surface area contributed by atoms with Crippen molar-refractivity contribution >= 4 is 11.8 Å². The molecule has 1 N–H and O–H groups in total. The van der Waals surface area contributed by atoms with E-state index >= 15 is 0 Å². The Balaban J connectivity index is 1.59. The topological polar surface area (TPSA) is 80.4 Å². The monoisotopic (exact) mass is 364 g/mol. The lowest BCUT2D eigenvalue weighted by molar-refractivity contribution is -0.127. The zero-order chi connectivity index (χ0) is 18.7. The number of likely N-dealkylation sites (tertiary alicyclic amines) is 1. The van der Waals surface area contributed by atoms with Crippen LogP contribution in [0.15, 0.2) is 47.7 Å². The van der Waals surface area contributed by atoms with Crippen LogP contribution < -0.4 is 5.32 Å². The van der Waals surface area contributed by atoms with Gasteiger partial charge in [-0.25, -0.2) is 8.78 Å². The van der Waals surface area contributed by atoms with E-state index in [2.05, 4.69) is 17.0 Å². The number of furan rings is 1. The lowest BCUT2D eigenvalue weighted by Crippen LogP contribution is -2.42. The maximum Gasteiger partial charge on any atom is 0.287 e. The second-order valence-electron chi connectivity index (χ2n) is 6.06. The predicted molar refractivity (Wildman–Crippen MR) is 87.6 cm³/mol. The van der Waals surface area contributed by atoms with Gasteiger partial charge in [-0.05, 0) is 24.3 Å². The van der Waals surface area contributed by atoms with Gasteiger partial charge in [0.15, 0.2) is 5.76 Å². The molecule has 1 atom stereocenters. The van der Waals surface area contributed by atoms with Crippen LogP contribution in [0.1, 0.15) is 22.7 Å². The van der Waals surface area contributed by atoms with Crippen LogP contribution in [-0.2, 0) is 11.3 Å². The fraction of sp³-hybridized carbons (Fsp3) is 0.353. The van der Waals surface area contributed by atoms with Crippen LogP contribution in [0.2, 0.25) is 0 Å². The van der Waals surface area contributed by atoms with Crippen molar-refractivity contribution in [3.8, 4) is 0 Å². The third-order valence-corrected chi connectivity index (χ3v) is 4.10. The van der Waals surface area contributed by atoms with Crippen molar-refractivity contribution in [2.45, 2.75) is 24.9 Å². The van der Waals surface area contributed by atoms with Gasteiger partial charge in [-0.15, -0.1) is 0 Å². The SMILES string of the molecule is C=CC(=O)N1CC(F)(F)C[C@H]1CNC(=O)c1ccc(Cn2cccn2)o1. The van der Waals surface area contributed by atoms with Crippen LogP contribution in [0.3, 0.4) is 0 Å². The molecule has 1 aliphatic rings. The third-order valence-electron chi connectivity index (χ3n) is 4.10. The van der Waals surface area contributed by atoms with Crippen molar-refractivity contribution in [1.82, 2.24) is 20.0 Å². The number of hydrogen-bond donors (Lipinski definition) is 1. The number of rotatable bonds is 6. The quantitative estimate of drug-likeness (QED) is 0.791. The summed E-state index contributed by atoms with van der Waals surface area (Å²) in [4.78, 5) is 24.9. The molecule has 7 nitrogen and oxygen atoms in total. The number of hydrogen-bond acceptors (Lipinski definition) is 4. The minimum atomic E-state index is -2.98. The fourth-order valence-corrected chi connectivity index (χ4v) is 2.89. The van der Waals surface area contributed by atoms with Crippen LogP contribution in [0.25, 0.3) is 0 Å². The molecule has 2 aromatic heterocycles. The molecule has 26 heavy (non-hydrogen) atoms. The molecule has 138 valence electrons. The highest BCUT2D eigenvalue weighted by Crippen LogP contribution is 2.31. The second kappa shape index (κ2) is 7.11. The predicted octanol–water partition coefficient (Wildman–Crippen LogP) is 1.68. The molecular formula is C17H18F2N4O3. The van der Waals surface area contributed by atoms with Crippen LogP contribution in [-0.4, -0.2) is 51.5 Å². The highest BCUT2D eigenvalue weighted by atomic mass is 19.3. The first kappa shape index (κ1) is 17.8. The van der Waals surface area contributed by atoms with Crippen molar-refractivity contribution in [2.24, 2.45) is 0 Å². The molecule has 3 heterocycles.